The number of anilines is 3. The highest BCUT2D eigenvalue weighted by molar-refractivity contribution is 7.16. The topological polar surface area (TPSA) is 95.1 Å². The zero-order valence-electron chi connectivity index (χ0n) is 20.7. The van der Waals surface area contributed by atoms with Gasteiger partial charge in [-0.2, -0.15) is 0 Å². The van der Waals surface area contributed by atoms with E-state index in [-0.39, 0.29) is 11.9 Å². The van der Waals surface area contributed by atoms with Gasteiger partial charge in [0.2, 0.25) is 0 Å². The van der Waals surface area contributed by atoms with E-state index in [4.69, 9.17) is 0 Å². The van der Waals surface area contributed by atoms with E-state index in [9.17, 15) is 4.79 Å². The normalized spacial score (nSPS) is 16.1. The van der Waals surface area contributed by atoms with Crippen LogP contribution < -0.4 is 16.0 Å². The van der Waals surface area contributed by atoms with E-state index in [1.165, 1.54) is 24.2 Å². The maximum atomic E-state index is 12.7. The van der Waals surface area contributed by atoms with Crippen LogP contribution in [0, 0.1) is 0 Å². The van der Waals surface area contributed by atoms with Gasteiger partial charge in [-0.15, -0.1) is 22.7 Å². The molecule has 10 heteroatoms. The second-order valence-corrected chi connectivity index (χ2v) is 11.2. The lowest BCUT2D eigenvalue weighted by Gasteiger charge is -2.19. The van der Waals surface area contributed by atoms with Crippen molar-refractivity contribution in [1.29, 1.82) is 0 Å². The molecule has 0 radical (unpaired) electrons. The highest BCUT2D eigenvalue weighted by Gasteiger charge is 2.21. The number of aromatic nitrogens is 3. The second-order valence-electron chi connectivity index (χ2n) is 9.43. The summed E-state index contributed by atoms with van der Waals surface area (Å²) in [6.07, 6.45) is 5.22. The SMILES string of the molecule is CC(C)Nc1cc(Nc2ccc3ncsc3c2)ncc1-c1nc(C(=O)NCCC2CCCN2C)cs1. The summed E-state index contributed by atoms with van der Waals surface area (Å²) < 4.78 is 1.13. The number of benzene rings is 1. The summed E-state index contributed by atoms with van der Waals surface area (Å²) >= 11 is 3.07. The number of nitrogens with zero attached hydrogens (tertiary/aromatic N) is 4. The molecule has 0 spiro atoms. The highest BCUT2D eigenvalue weighted by atomic mass is 32.1. The Morgan fingerprint density at radius 2 is 2.11 bits per heavy atom. The van der Waals surface area contributed by atoms with Gasteiger partial charge in [-0.05, 0) is 64.9 Å². The Kier molecular flexibility index (Phi) is 7.45. The number of thiazole rings is 2. The highest BCUT2D eigenvalue weighted by Crippen LogP contribution is 2.33. The molecule has 3 N–H and O–H groups in total. The molecule has 0 saturated carbocycles. The van der Waals surface area contributed by atoms with Crippen molar-refractivity contribution >= 4 is 56.0 Å². The van der Waals surface area contributed by atoms with E-state index in [1.54, 1.807) is 11.3 Å². The van der Waals surface area contributed by atoms with Crippen molar-refractivity contribution in [3.63, 3.8) is 0 Å². The van der Waals surface area contributed by atoms with Crippen LogP contribution >= 0.6 is 22.7 Å². The number of rotatable bonds is 9. The van der Waals surface area contributed by atoms with Crippen LogP contribution in [-0.2, 0) is 0 Å². The number of nitrogens with one attached hydrogen (secondary N) is 3. The van der Waals surface area contributed by atoms with Crippen molar-refractivity contribution in [3.8, 4) is 10.6 Å². The third-order valence-corrected chi connectivity index (χ3v) is 8.02. The fraction of sp³-hybridized carbons (Fsp3) is 0.385. The Bertz CT molecular complexity index is 1350. The molecule has 36 heavy (non-hydrogen) atoms. The molecule has 1 atom stereocenters. The lowest BCUT2D eigenvalue weighted by molar-refractivity contribution is 0.0946. The fourth-order valence-corrected chi connectivity index (χ4v) is 6.03. The number of pyridine rings is 1. The number of likely N-dealkylation sites (tertiary alicyclic amines) is 1. The molecule has 0 aliphatic carbocycles. The molecule has 4 aromatic rings. The van der Waals surface area contributed by atoms with Gasteiger partial charge in [0.25, 0.3) is 5.91 Å². The summed E-state index contributed by atoms with van der Waals surface area (Å²) in [6, 6.07) is 8.86. The summed E-state index contributed by atoms with van der Waals surface area (Å²) in [4.78, 5) is 28.7. The Morgan fingerprint density at radius 1 is 1.22 bits per heavy atom. The van der Waals surface area contributed by atoms with Crippen LogP contribution in [0.15, 0.2) is 41.4 Å². The van der Waals surface area contributed by atoms with E-state index in [1.807, 2.05) is 35.3 Å². The minimum absolute atomic E-state index is 0.124. The smallest absolute Gasteiger partial charge is 0.270 e. The quantitative estimate of drug-likeness (QED) is 0.264. The summed E-state index contributed by atoms with van der Waals surface area (Å²) in [5, 5.41) is 12.5. The number of fused-ring (bicyclic) bond motifs is 1. The Labute approximate surface area is 219 Å². The number of hydrogen-bond donors (Lipinski definition) is 3. The first kappa shape index (κ1) is 24.6. The van der Waals surface area contributed by atoms with Crippen molar-refractivity contribution in [2.24, 2.45) is 0 Å². The molecule has 1 amide bonds. The van der Waals surface area contributed by atoms with Crippen molar-refractivity contribution in [3.05, 3.63) is 47.0 Å². The largest absolute Gasteiger partial charge is 0.382 e. The first-order valence-electron chi connectivity index (χ1n) is 12.3. The third kappa shape index (κ3) is 5.66. The van der Waals surface area contributed by atoms with Gasteiger partial charge in [-0.25, -0.2) is 15.0 Å². The van der Waals surface area contributed by atoms with E-state index >= 15 is 0 Å². The van der Waals surface area contributed by atoms with Gasteiger partial charge in [-0.1, -0.05) is 0 Å². The standard InChI is InChI=1S/C26H31N7OS2/c1-16(2)30-21-12-24(31-17-6-7-20-23(11-17)36-15-29-20)28-13-19(21)26-32-22(14-35-26)25(34)27-9-8-18-5-4-10-33(18)3/h6-7,11-16,18H,4-5,8-10H2,1-3H3,(H,27,34)(H2,28,30,31). The maximum Gasteiger partial charge on any atom is 0.270 e. The average Bonchev–Trinajstić information content (AvgIpc) is 3.60. The van der Waals surface area contributed by atoms with Gasteiger partial charge in [0.1, 0.15) is 16.5 Å². The van der Waals surface area contributed by atoms with E-state index < -0.39 is 0 Å². The van der Waals surface area contributed by atoms with Crippen LogP contribution in [0.5, 0.6) is 0 Å². The van der Waals surface area contributed by atoms with Gasteiger partial charge in [0.05, 0.1) is 21.3 Å². The Hall–Kier alpha value is -3.08. The fourth-order valence-electron chi connectivity index (χ4n) is 4.49. The molecule has 1 aliphatic heterocycles. The monoisotopic (exact) mass is 521 g/mol. The van der Waals surface area contributed by atoms with Crippen molar-refractivity contribution in [1.82, 2.24) is 25.2 Å². The lowest BCUT2D eigenvalue weighted by atomic mass is 10.1. The molecular weight excluding hydrogens is 490 g/mol. The zero-order valence-corrected chi connectivity index (χ0v) is 22.4. The summed E-state index contributed by atoms with van der Waals surface area (Å²) in [6.45, 7) is 6.00. The van der Waals surface area contributed by atoms with Crippen molar-refractivity contribution in [2.75, 3.05) is 30.8 Å². The molecule has 3 aromatic heterocycles. The predicted octanol–water partition coefficient (Wildman–Crippen LogP) is 5.59. The number of carbonyl (C=O) groups is 1. The summed E-state index contributed by atoms with van der Waals surface area (Å²) in [5.41, 5.74) is 6.05. The zero-order chi connectivity index (χ0) is 25.1. The van der Waals surface area contributed by atoms with Gasteiger partial charge in [0, 0.05) is 47.6 Å². The first-order chi connectivity index (χ1) is 17.5. The van der Waals surface area contributed by atoms with Crippen molar-refractivity contribution in [2.45, 2.75) is 45.2 Å². The average molecular weight is 522 g/mol. The van der Waals surface area contributed by atoms with Crippen LogP contribution in [0.3, 0.4) is 0 Å². The molecule has 1 unspecified atom stereocenters. The minimum atomic E-state index is -0.124. The van der Waals surface area contributed by atoms with Crippen LogP contribution in [0.4, 0.5) is 17.2 Å². The number of carbonyl (C=O) groups excluding carboxylic acids is 1. The lowest BCUT2D eigenvalue weighted by Crippen LogP contribution is -2.31. The second kappa shape index (κ2) is 10.9. The first-order valence-corrected chi connectivity index (χ1v) is 14.0. The summed E-state index contributed by atoms with van der Waals surface area (Å²) in [7, 11) is 2.16. The molecule has 5 rings (SSSR count). The molecule has 4 heterocycles. The Morgan fingerprint density at radius 3 is 2.92 bits per heavy atom. The van der Waals surface area contributed by atoms with Gasteiger partial charge >= 0.3 is 0 Å². The molecule has 188 valence electrons. The van der Waals surface area contributed by atoms with E-state index in [0.29, 0.717) is 18.3 Å². The number of hydrogen-bond acceptors (Lipinski definition) is 9. The van der Waals surface area contributed by atoms with Crippen LogP contribution in [-0.4, -0.2) is 58.0 Å². The molecule has 1 saturated heterocycles. The summed E-state index contributed by atoms with van der Waals surface area (Å²) in [5.74, 6) is 0.610. The molecule has 1 aromatic carbocycles. The van der Waals surface area contributed by atoms with Crippen LogP contribution in [0.25, 0.3) is 20.8 Å². The molecule has 1 aliphatic rings. The third-order valence-electron chi connectivity index (χ3n) is 6.35. The van der Waals surface area contributed by atoms with Gasteiger partial charge < -0.3 is 20.9 Å². The van der Waals surface area contributed by atoms with E-state index in [0.717, 1.165) is 50.9 Å². The van der Waals surface area contributed by atoms with Crippen LogP contribution in [0.1, 0.15) is 43.6 Å². The minimum Gasteiger partial charge on any atom is -0.382 e. The Balaban J connectivity index is 1.29. The van der Waals surface area contributed by atoms with E-state index in [2.05, 4.69) is 62.8 Å². The maximum absolute atomic E-state index is 12.7. The van der Waals surface area contributed by atoms with Crippen LogP contribution in [0.2, 0.25) is 0 Å². The van der Waals surface area contributed by atoms with Gasteiger partial charge in [-0.3, -0.25) is 4.79 Å². The number of amides is 1. The van der Waals surface area contributed by atoms with Gasteiger partial charge in [0.15, 0.2) is 0 Å². The molecular formula is C26H31N7OS2. The predicted molar refractivity (Wildman–Crippen MR) is 150 cm³/mol. The molecule has 8 nitrogen and oxygen atoms in total. The molecule has 0 bridgehead atoms. The molecule has 1 fully saturated rings. The van der Waals surface area contributed by atoms with Crippen molar-refractivity contribution < 1.29 is 4.79 Å².